The van der Waals surface area contributed by atoms with E-state index in [0.717, 1.165) is 22.2 Å². The predicted octanol–water partition coefficient (Wildman–Crippen LogP) is 5.06. The molecule has 0 radical (unpaired) electrons. The lowest BCUT2D eigenvalue weighted by atomic mass is 10.1. The summed E-state index contributed by atoms with van der Waals surface area (Å²) in [6.07, 6.45) is 1.60. The largest absolute Gasteiger partial charge is 0.463 e. The number of carbonyl (C=O) groups excluding carboxylic acids is 1. The standard InChI is InChI=1S/C21H16N2O2/c1-14-8-10-15(11-9-14)22-21(24)17-13-19(20-7-4-12-25-20)23-18-6-3-2-5-16(17)18/h2-13H,1H3,(H,22,24). The fraction of sp³-hybridized carbons (Fsp3) is 0.0476. The van der Waals surface area contributed by atoms with Crippen molar-refractivity contribution in [3.63, 3.8) is 0 Å². The molecule has 0 aliphatic rings. The number of nitrogens with zero attached hydrogens (tertiary/aromatic N) is 1. The first kappa shape index (κ1) is 15.1. The minimum atomic E-state index is -0.171. The molecule has 4 rings (SSSR count). The SMILES string of the molecule is Cc1ccc(NC(=O)c2cc(-c3ccco3)nc3ccccc23)cc1. The second kappa shape index (κ2) is 6.24. The Bertz CT molecular complexity index is 1040. The molecule has 0 atom stereocenters. The fourth-order valence-electron chi connectivity index (χ4n) is 2.75. The topological polar surface area (TPSA) is 55.1 Å². The maximum absolute atomic E-state index is 12.9. The fourth-order valence-corrected chi connectivity index (χ4v) is 2.75. The van der Waals surface area contributed by atoms with Crippen molar-refractivity contribution in [2.45, 2.75) is 6.92 Å². The third-order valence-electron chi connectivity index (χ3n) is 4.04. The normalized spacial score (nSPS) is 10.8. The molecule has 1 amide bonds. The van der Waals surface area contributed by atoms with Gasteiger partial charge in [0.15, 0.2) is 5.76 Å². The molecule has 4 heteroatoms. The second-order valence-corrected chi connectivity index (χ2v) is 5.87. The molecule has 0 unspecified atom stereocenters. The third-order valence-corrected chi connectivity index (χ3v) is 4.04. The van der Waals surface area contributed by atoms with Crippen LogP contribution < -0.4 is 5.32 Å². The van der Waals surface area contributed by atoms with Gasteiger partial charge in [0.1, 0.15) is 5.69 Å². The van der Waals surface area contributed by atoms with Crippen LogP contribution in [-0.2, 0) is 0 Å². The molecule has 25 heavy (non-hydrogen) atoms. The zero-order chi connectivity index (χ0) is 17.2. The number of amides is 1. The molecule has 2 aromatic carbocycles. The van der Waals surface area contributed by atoms with E-state index in [1.54, 1.807) is 18.4 Å². The van der Waals surface area contributed by atoms with Crippen molar-refractivity contribution >= 4 is 22.5 Å². The van der Waals surface area contributed by atoms with Gasteiger partial charge in [0.2, 0.25) is 0 Å². The van der Waals surface area contributed by atoms with Gasteiger partial charge in [-0.05, 0) is 43.3 Å². The Hall–Kier alpha value is -3.40. The van der Waals surface area contributed by atoms with Crippen LogP contribution in [0.25, 0.3) is 22.4 Å². The second-order valence-electron chi connectivity index (χ2n) is 5.87. The van der Waals surface area contributed by atoms with Crippen LogP contribution in [0.3, 0.4) is 0 Å². The number of benzene rings is 2. The number of furan rings is 1. The van der Waals surface area contributed by atoms with Crippen molar-refractivity contribution in [1.82, 2.24) is 4.98 Å². The van der Waals surface area contributed by atoms with E-state index in [9.17, 15) is 4.79 Å². The molecular weight excluding hydrogens is 312 g/mol. The zero-order valence-electron chi connectivity index (χ0n) is 13.7. The van der Waals surface area contributed by atoms with E-state index in [1.807, 2.05) is 61.5 Å². The maximum atomic E-state index is 12.9. The molecule has 4 aromatic rings. The third kappa shape index (κ3) is 3.02. The lowest BCUT2D eigenvalue weighted by Gasteiger charge is -2.10. The van der Waals surface area contributed by atoms with Gasteiger partial charge < -0.3 is 9.73 Å². The summed E-state index contributed by atoms with van der Waals surface area (Å²) in [6, 6.07) is 20.7. The molecule has 0 saturated heterocycles. The molecule has 2 heterocycles. The van der Waals surface area contributed by atoms with E-state index in [2.05, 4.69) is 10.3 Å². The number of aryl methyl sites for hydroxylation is 1. The summed E-state index contributed by atoms with van der Waals surface area (Å²) in [5, 5.41) is 3.76. The summed E-state index contributed by atoms with van der Waals surface area (Å²) in [6.45, 7) is 2.01. The minimum absolute atomic E-state index is 0.171. The quantitative estimate of drug-likeness (QED) is 0.572. The highest BCUT2D eigenvalue weighted by Crippen LogP contribution is 2.26. The number of hydrogen-bond donors (Lipinski definition) is 1. The van der Waals surface area contributed by atoms with Crippen LogP contribution >= 0.6 is 0 Å². The van der Waals surface area contributed by atoms with Crippen LogP contribution in [0.15, 0.2) is 77.4 Å². The van der Waals surface area contributed by atoms with E-state index >= 15 is 0 Å². The Balaban J connectivity index is 1.79. The number of rotatable bonds is 3. The number of aromatic nitrogens is 1. The number of carbonyl (C=O) groups is 1. The first-order valence-corrected chi connectivity index (χ1v) is 8.02. The van der Waals surface area contributed by atoms with Gasteiger partial charge in [-0.1, -0.05) is 35.9 Å². The van der Waals surface area contributed by atoms with Crippen LogP contribution in [0.2, 0.25) is 0 Å². The molecule has 0 saturated carbocycles. The molecule has 1 N–H and O–H groups in total. The van der Waals surface area contributed by atoms with Crippen molar-refractivity contribution in [2.75, 3.05) is 5.32 Å². The van der Waals surface area contributed by atoms with Gasteiger partial charge in [-0.3, -0.25) is 4.79 Å². The van der Waals surface area contributed by atoms with E-state index in [-0.39, 0.29) is 5.91 Å². The van der Waals surface area contributed by atoms with E-state index in [0.29, 0.717) is 17.0 Å². The van der Waals surface area contributed by atoms with Gasteiger partial charge in [0.25, 0.3) is 5.91 Å². The summed E-state index contributed by atoms with van der Waals surface area (Å²) in [5.74, 6) is 0.463. The molecule has 0 spiro atoms. The number of anilines is 1. The molecule has 4 nitrogen and oxygen atoms in total. The first-order chi connectivity index (χ1) is 12.2. The molecule has 0 aliphatic heterocycles. The Kier molecular flexibility index (Phi) is 3.78. The molecule has 0 fully saturated rings. The smallest absolute Gasteiger partial charge is 0.256 e. The highest BCUT2D eigenvalue weighted by molar-refractivity contribution is 6.13. The lowest BCUT2D eigenvalue weighted by Crippen LogP contribution is -2.13. The van der Waals surface area contributed by atoms with Crippen LogP contribution in [0, 0.1) is 6.92 Å². The van der Waals surface area contributed by atoms with Crippen molar-refractivity contribution < 1.29 is 9.21 Å². The van der Waals surface area contributed by atoms with Crippen LogP contribution in [0.5, 0.6) is 0 Å². The number of hydrogen-bond acceptors (Lipinski definition) is 3. The van der Waals surface area contributed by atoms with E-state index < -0.39 is 0 Å². The summed E-state index contributed by atoms with van der Waals surface area (Å²) in [7, 11) is 0. The summed E-state index contributed by atoms with van der Waals surface area (Å²) in [5.41, 5.74) is 3.87. The number of fused-ring (bicyclic) bond motifs is 1. The van der Waals surface area contributed by atoms with Crippen molar-refractivity contribution in [1.29, 1.82) is 0 Å². The lowest BCUT2D eigenvalue weighted by molar-refractivity contribution is 0.102. The van der Waals surface area contributed by atoms with Gasteiger partial charge in [0.05, 0.1) is 17.3 Å². The van der Waals surface area contributed by atoms with Gasteiger partial charge in [-0.25, -0.2) is 4.98 Å². The van der Waals surface area contributed by atoms with Gasteiger partial charge in [-0.15, -0.1) is 0 Å². The van der Waals surface area contributed by atoms with Crippen molar-refractivity contribution in [2.24, 2.45) is 0 Å². The molecule has 0 aliphatic carbocycles. The Morgan fingerprint density at radius 3 is 2.56 bits per heavy atom. The monoisotopic (exact) mass is 328 g/mol. The molecule has 2 aromatic heterocycles. The summed E-state index contributed by atoms with van der Waals surface area (Å²) < 4.78 is 5.44. The molecule has 0 bridgehead atoms. The van der Waals surface area contributed by atoms with Crippen LogP contribution in [0.4, 0.5) is 5.69 Å². The van der Waals surface area contributed by atoms with Crippen molar-refractivity contribution in [3.05, 3.63) is 84.1 Å². The average Bonchev–Trinajstić information content (AvgIpc) is 3.17. The summed E-state index contributed by atoms with van der Waals surface area (Å²) >= 11 is 0. The highest BCUT2D eigenvalue weighted by Gasteiger charge is 2.15. The Morgan fingerprint density at radius 1 is 1.00 bits per heavy atom. The van der Waals surface area contributed by atoms with E-state index in [1.165, 1.54) is 0 Å². The number of pyridine rings is 1. The van der Waals surface area contributed by atoms with E-state index in [4.69, 9.17) is 4.42 Å². The minimum Gasteiger partial charge on any atom is -0.463 e. The molecule has 122 valence electrons. The Morgan fingerprint density at radius 2 is 1.80 bits per heavy atom. The van der Waals surface area contributed by atoms with Gasteiger partial charge in [-0.2, -0.15) is 0 Å². The van der Waals surface area contributed by atoms with Gasteiger partial charge in [0, 0.05) is 11.1 Å². The maximum Gasteiger partial charge on any atom is 0.256 e. The predicted molar refractivity (Wildman–Crippen MR) is 98.6 cm³/mol. The number of nitrogens with one attached hydrogen (secondary N) is 1. The summed E-state index contributed by atoms with van der Waals surface area (Å²) in [4.78, 5) is 17.5. The highest BCUT2D eigenvalue weighted by atomic mass is 16.3. The van der Waals surface area contributed by atoms with Crippen LogP contribution in [-0.4, -0.2) is 10.9 Å². The van der Waals surface area contributed by atoms with Gasteiger partial charge >= 0.3 is 0 Å². The average molecular weight is 328 g/mol. The van der Waals surface area contributed by atoms with Crippen LogP contribution in [0.1, 0.15) is 15.9 Å². The Labute approximate surface area is 145 Å². The molecular formula is C21H16N2O2. The number of para-hydroxylation sites is 1. The first-order valence-electron chi connectivity index (χ1n) is 8.02. The zero-order valence-corrected chi connectivity index (χ0v) is 13.7. The van der Waals surface area contributed by atoms with Crippen molar-refractivity contribution in [3.8, 4) is 11.5 Å².